The fourth-order valence-corrected chi connectivity index (χ4v) is 6.39. The second-order valence-electron chi connectivity index (χ2n) is 11.0. The average molecular weight is 694 g/mol. The molecule has 2 aliphatic heterocycles. The number of rotatable bonds is 11. The zero-order chi connectivity index (χ0) is 35.2. The smallest absolute Gasteiger partial charge is 0.338 e. The molecule has 4 amide bonds. The molecule has 6 rings (SSSR count). The topological polar surface area (TPSA) is 150 Å². The van der Waals surface area contributed by atoms with Crippen molar-refractivity contribution in [2.45, 2.75) is 23.5 Å². The zero-order valence-corrected chi connectivity index (χ0v) is 27.8. The normalized spacial score (nSPS) is 15.1. The molecule has 2 aliphatic rings. The van der Waals surface area contributed by atoms with E-state index in [1.165, 1.54) is 49.2 Å². The minimum Gasteiger partial charge on any atom is -0.493 e. The Balaban J connectivity index is 1.19. The van der Waals surface area contributed by atoms with Gasteiger partial charge < -0.3 is 29.6 Å². The van der Waals surface area contributed by atoms with E-state index in [4.69, 9.17) is 18.9 Å². The van der Waals surface area contributed by atoms with Gasteiger partial charge in [-0.05, 0) is 85.3 Å². The highest BCUT2D eigenvalue weighted by Crippen LogP contribution is 2.42. The first kappa shape index (κ1) is 33.8. The summed E-state index contributed by atoms with van der Waals surface area (Å²) < 4.78 is 21.4. The Hall–Kier alpha value is -6.08. The number of hydrogen-bond acceptors (Lipinski definition) is 10. The summed E-state index contributed by atoms with van der Waals surface area (Å²) in [6, 6.07) is 24.7. The van der Waals surface area contributed by atoms with Crippen LogP contribution in [0.2, 0.25) is 0 Å². The monoisotopic (exact) mass is 693 g/mol. The van der Waals surface area contributed by atoms with Gasteiger partial charge in [0.25, 0.3) is 11.8 Å². The highest BCUT2D eigenvalue weighted by molar-refractivity contribution is 8.00. The number of benzene rings is 4. The molecule has 0 bridgehead atoms. The summed E-state index contributed by atoms with van der Waals surface area (Å²) in [5, 5.41) is 4.82. The quantitative estimate of drug-likeness (QED) is 0.118. The Kier molecular flexibility index (Phi) is 10.1. The van der Waals surface area contributed by atoms with Gasteiger partial charge in [-0.1, -0.05) is 24.3 Å². The van der Waals surface area contributed by atoms with Crippen LogP contribution >= 0.6 is 11.8 Å². The Morgan fingerprint density at radius 1 is 0.940 bits per heavy atom. The average Bonchev–Trinajstić information content (AvgIpc) is 3.71. The predicted octanol–water partition coefficient (Wildman–Crippen LogP) is 5.43. The molecule has 0 aromatic heterocycles. The minimum atomic E-state index is -0.709. The van der Waals surface area contributed by atoms with E-state index in [1.807, 2.05) is 0 Å². The number of methoxy groups -OCH3 is 1. The number of carbonyl (C=O) groups excluding carboxylic acids is 5. The molecule has 1 fully saturated rings. The van der Waals surface area contributed by atoms with Crippen molar-refractivity contribution in [3.05, 3.63) is 113 Å². The fraction of sp³-hybridized carbons (Fsp3) is 0.162. The summed E-state index contributed by atoms with van der Waals surface area (Å²) in [7, 11) is 1.48. The molecule has 0 saturated carbocycles. The Morgan fingerprint density at radius 3 is 2.46 bits per heavy atom. The molecule has 0 aliphatic carbocycles. The fourth-order valence-electron chi connectivity index (χ4n) is 5.28. The van der Waals surface area contributed by atoms with Gasteiger partial charge in [0.1, 0.15) is 5.70 Å². The largest absolute Gasteiger partial charge is 0.493 e. The maximum absolute atomic E-state index is 13.7. The summed E-state index contributed by atoms with van der Waals surface area (Å²) in [5.41, 5.74) is 1.87. The number of hydrogen-bond donors (Lipinski definition) is 2. The van der Waals surface area contributed by atoms with Crippen molar-refractivity contribution in [2.75, 3.05) is 30.7 Å². The van der Waals surface area contributed by atoms with Crippen LogP contribution in [0.5, 0.6) is 17.2 Å². The first-order valence-electron chi connectivity index (χ1n) is 15.5. The minimum absolute atomic E-state index is 0.0220. The van der Waals surface area contributed by atoms with Gasteiger partial charge >= 0.3 is 5.97 Å². The van der Waals surface area contributed by atoms with Crippen LogP contribution in [-0.4, -0.2) is 55.4 Å². The molecule has 2 heterocycles. The Morgan fingerprint density at radius 2 is 1.72 bits per heavy atom. The summed E-state index contributed by atoms with van der Waals surface area (Å²) >= 11 is 1.19. The van der Waals surface area contributed by atoms with Crippen molar-refractivity contribution >= 4 is 58.8 Å². The molecule has 1 unspecified atom stereocenters. The van der Waals surface area contributed by atoms with Gasteiger partial charge in [-0.15, -0.1) is 11.8 Å². The van der Waals surface area contributed by atoms with Crippen LogP contribution in [-0.2, 0) is 19.1 Å². The molecule has 0 spiro atoms. The lowest BCUT2D eigenvalue weighted by Crippen LogP contribution is -2.31. The molecule has 1 saturated heterocycles. The van der Waals surface area contributed by atoms with Crippen molar-refractivity contribution in [1.82, 2.24) is 5.32 Å². The van der Waals surface area contributed by atoms with Crippen molar-refractivity contribution in [3.8, 4) is 17.2 Å². The van der Waals surface area contributed by atoms with Gasteiger partial charge in [-0.3, -0.25) is 19.2 Å². The molecule has 254 valence electrons. The molecule has 1 atom stereocenters. The van der Waals surface area contributed by atoms with Crippen molar-refractivity contribution in [2.24, 2.45) is 0 Å². The molecule has 4 aromatic rings. The van der Waals surface area contributed by atoms with E-state index >= 15 is 0 Å². The summed E-state index contributed by atoms with van der Waals surface area (Å²) in [6.07, 6.45) is 1.47. The number of ether oxygens (including phenoxy) is 4. The SMILES string of the molecule is CCOC(=O)c1ccc(N2C(=O)CC(Sc3cccc(NC(=O)C(=Cc4cc(OC)c5c(c4)OCO5)NC(=O)c4ccccc4)c3)C2=O)cc1. The summed E-state index contributed by atoms with van der Waals surface area (Å²) in [4.78, 5) is 66.9. The van der Waals surface area contributed by atoms with Crippen LogP contribution in [0.15, 0.2) is 102 Å². The van der Waals surface area contributed by atoms with Gasteiger partial charge in [-0.25, -0.2) is 9.69 Å². The van der Waals surface area contributed by atoms with Crippen molar-refractivity contribution in [3.63, 3.8) is 0 Å². The molecule has 4 aromatic carbocycles. The number of imide groups is 1. The lowest BCUT2D eigenvalue weighted by molar-refractivity contribution is -0.121. The van der Waals surface area contributed by atoms with E-state index in [0.29, 0.717) is 50.2 Å². The predicted molar refractivity (Wildman–Crippen MR) is 185 cm³/mol. The first-order chi connectivity index (χ1) is 24.2. The van der Waals surface area contributed by atoms with E-state index in [2.05, 4.69) is 10.6 Å². The molecular weight excluding hydrogens is 662 g/mol. The number of thioether (sulfide) groups is 1. The van der Waals surface area contributed by atoms with Gasteiger partial charge in [0.2, 0.25) is 24.4 Å². The lowest BCUT2D eigenvalue weighted by atomic mass is 10.1. The Bertz CT molecular complexity index is 2000. The van der Waals surface area contributed by atoms with Gasteiger partial charge in [0.15, 0.2) is 11.5 Å². The highest BCUT2D eigenvalue weighted by Gasteiger charge is 2.40. The van der Waals surface area contributed by atoms with E-state index in [-0.39, 0.29) is 31.4 Å². The third-order valence-corrected chi connectivity index (χ3v) is 8.81. The standard InChI is InChI=1S/C37H31N3O9S/c1-3-47-37(45)24-12-14-26(15-13-24)40-32(41)20-31(36(40)44)50-27-11-7-10-25(19-27)38-35(43)28(39-34(42)23-8-5-4-6-9-23)16-22-17-29(46-2)33-30(18-22)48-21-49-33/h4-19,31H,3,20-21H2,1-2H3,(H,38,43)(H,39,42). The van der Waals surface area contributed by atoms with Gasteiger partial charge in [-0.2, -0.15) is 0 Å². The highest BCUT2D eigenvalue weighted by atomic mass is 32.2. The Labute approximate surface area is 291 Å². The number of amides is 4. The van der Waals surface area contributed by atoms with Crippen LogP contribution in [0.3, 0.4) is 0 Å². The molecule has 50 heavy (non-hydrogen) atoms. The number of anilines is 2. The van der Waals surface area contributed by atoms with Crippen LogP contribution in [0.4, 0.5) is 11.4 Å². The molecular formula is C37H31N3O9S. The third-order valence-electron chi connectivity index (χ3n) is 7.63. The van der Waals surface area contributed by atoms with Crippen LogP contribution < -0.4 is 29.7 Å². The van der Waals surface area contributed by atoms with E-state index < -0.39 is 28.9 Å². The lowest BCUT2D eigenvalue weighted by Gasteiger charge is -2.16. The van der Waals surface area contributed by atoms with E-state index in [1.54, 1.807) is 73.7 Å². The first-order valence-corrected chi connectivity index (χ1v) is 16.4. The second-order valence-corrected chi connectivity index (χ2v) is 12.2. The van der Waals surface area contributed by atoms with E-state index in [0.717, 1.165) is 4.90 Å². The van der Waals surface area contributed by atoms with Crippen LogP contribution in [0.1, 0.15) is 39.6 Å². The van der Waals surface area contributed by atoms with Crippen LogP contribution in [0.25, 0.3) is 6.08 Å². The maximum atomic E-state index is 13.7. The number of carbonyl (C=O) groups is 5. The van der Waals surface area contributed by atoms with E-state index in [9.17, 15) is 24.0 Å². The van der Waals surface area contributed by atoms with Crippen LogP contribution in [0, 0.1) is 0 Å². The molecule has 2 N–H and O–H groups in total. The molecule has 12 nitrogen and oxygen atoms in total. The number of nitrogens with one attached hydrogen (secondary N) is 2. The summed E-state index contributed by atoms with van der Waals surface area (Å²) in [5.74, 6) is -1.09. The van der Waals surface area contributed by atoms with Gasteiger partial charge in [0.05, 0.1) is 30.2 Å². The molecule has 0 radical (unpaired) electrons. The number of fused-ring (bicyclic) bond motifs is 1. The summed E-state index contributed by atoms with van der Waals surface area (Å²) in [6.45, 7) is 1.96. The van der Waals surface area contributed by atoms with Crippen molar-refractivity contribution < 1.29 is 42.9 Å². The second kappa shape index (κ2) is 15.0. The molecule has 13 heteroatoms. The van der Waals surface area contributed by atoms with Crippen molar-refractivity contribution in [1.29, 1.82) is 0 Å². The van der Waals surface area contributed by atoms with Gasteiger partial charge in [0, 0.05) is 22.6 Å². The number of nitrogens with zero attached hydrogens (tertiary/aromatic N) is 1. The third kappa shape index (κ3) is 7.47. The zero-order valence-electron chi connectivity index (χ0n) is 27.0. The number of esters is 1. The maximum Gasteiger partial charge on any atom is 0.338 e.